The number of methoxy groups -OCH3 is 1. The lowest BCUT2D eigenvalue weighted by molar-refractivity contribution is -0.119. The number of hydrogen-bond donors (Lipinski definition) is 1. The second kappa shape index (κ2) is 12.8. The van der Waals surface area contributed by atoms with Gasteiger partial charge in [0.15, 0.2) is 5.78 Å². The maximum atomic E-state index is 13.5. The number of hydrogen-bond acceptors (Lipinski definition) is 5. The van der Waals surface area contributed by atoms with Crippen LogP contribution < -0.4 is 15.6 Å². The first kappa shape index (κ1) is 28.3. The molecule has 1 heterocycles. The molecule has 8 heteroatoms. The number of carbonyl (C=O) groups excluding carboxylic acids is 2. The highest BCUT2D eigenvalue weighted by atomic mass is 35.5. The highest BCUT2D eigenvalue weighted by molar-refractivity contribution is 6.31. The molecule has 0 saturated heterocycles. The molecule has 0 spiro atoms. The molecule has 1 amide bonds. The SMILES string of the molecule is C=C/C=C\C(CC(C(=O)Nc1ccc(C)cc1)n1cc(OC)c(-c2cc(Cl)ccc2C(C)=O)cc1=O)=NC. The first-order valence-electron chi connectivity index (χ1n) is 11.9. The van der Waals surface area contributed by atoms with Gasteiger partial charge < -0.3 is 10.1 Å². The van der Waals surface area contributed by atoms with Crippen LogP contribution in [0.2, 0.25) is 5.02 Å². The molecule has 1 N–H and O–H groups in total. The average molecular weight is 532 g/mol. The predicted molar refractivity (Wildman–Crippen MR) is 154 cm³/mol. The number of allylic oxidation sites excluding steroid dienone is 3. The second-order valence-corrected chi connectivity index (χ2v) is 9.07. The minimum atomic E-state index is -0.952. The fraction of sp³-hybridized carbons (Fsp3) is 0.200. The number of ketones is 1. The summed E-state index contributed by atoms with van der Waals surface area (Å²) >= 11 is 6.22. The smallest absolute Gasteiger partial charge is 0.252 e. The van der Waals surface area contributed by atoms with E-state index in [0.29, 0.717) is 38.9 Å². The van der Waals surface area contributed by atoms with Crippen LogP contribution >= 0.6 is 11.6 Å². The maximum absolute atomic E-state index is 13.5. The largest absolute Gasteiger partial charge is 0.495 e. The van der Waals surface area contributed by atoms with Crippen LogP contribution in [-0.2, 0) is 4.79 Å². The number of aryl methyl sites for hydroxylation is 1. The van der Waals surface area contributed by atoms with Crippen molar-refractivity contribution in [1.82, 2.24) is 4.57 Å². The Kier molecular flexibility index (Phi) is 9.57. The standard InChI is InChI=1S/C30H30ClN3O4/c1-6-7-8-23(32-4)16-27(30(37)33-22-12-9-19(2)10-13-22)34-18-28(38-5)26(17-29(34)36)25-15-21(31)11-14-24(25)20(3)35/h6-15,17-18,27H,1,16H2,2-5H3,(H,33,37)/b8-7-,32-23?. The molecule has 0 fully saturated rings. The summed E-state index contributed by atoms with van der Waals surface area (Å²) in [6.45, 7) is 7.07. The van der Waals surface area contributed by atoms with Crippen LogP contribution in [0.4, 0.5) is 5.69 Å². The molecule has 0 aliphatic carbocycles. The number of pyridine rings is 1. The minimum Gasteiger partial charge on any atom is -0.495 e. The molecular weight excluding hydrogens is 502 g/mol. The number of rotatable bonds is 10. The monoisotopic (exact) mass is 531 g/mol. The zero-order chi connectivity index (χ0) is 27.8. The number of halogens is 1. The summed E-state index contributed by atoms with van der Waals surface area (Å²) in [5.41, 5.74) is 3.06. The summed E-state index contributed by atoms with van der Waals surface area (Å²) in [6.07, 6.45) is 6.67. The molecule has 0 aliphatic rings. The molecule has 38 heavy (non-hydrogen) atoms. The van der Waals surface area contributed by atoms with E-state index in [1.807, 2.05) is 19.1 Å². The lowest BCUT2D eigenvalue weighted by Crippen LogP contribution is -2.34. The molecule has 1 atom stereocenters. The van der Waals surface area contributed by atoms with Crippen LogP contribution in [0, 0.1) is 6.92 Å². The van der Waals surface area contributed by atoms with E-state index in [2.05, 4.69) is 16.9 Å². The number of Topliss-reactive ketones (excluding diaryl/α,β-unsaturated/α-hetero) is 1. The Morgan fingerprint density at radius 3 is 2.47 bits per heavy atom. The zero-order valence-electron chi connectivity index (χ0n) is 21.8. The molecule has 1 unspecified atom stereocenters. The third-order valence-electron chi connectivity index (χ3n) is 5.99. The van der Waals surface area contributed by atoms with Gasteiger partial charge in [0, 0.05) is 47.1 Å². The second-order valence-electron chi connectivity index (χ2n) is 8.63. The third kappa shape index (κ3) is 6.75. The number of aromatic nitrogens is 1. The highest BCUT2D eigenvalue weighted by Gasteiger charge is 2.25. The Hall–Kier alpha value is -4.23. The Balaban J connectivity index is 2.15. The van der Waals surface area contributed by atoms with Crippen molar-refractivity contribution < 1.29 is 14.3 Å². The Morgan fingerprint density at radius 1 is 1.16 bits per heavy atom. The van der Waals surface area contributed by atoms with Crippen LogP contribution in [0.3, 0.4) is 0 Å². The average Bonchev–Trinajstić information content (AvgIpc) is 2.90. The first-order valence-corrected chi connectivity index (χ1v) is 12.3. The number of nitrogens with zero attached hydrogens (tertiary/aromatic N) is 2. The molecule has 0 radical (unpaired) electrons. The molecule has 0 bridgehead atoms. The summed E-state index contributed by atoms with van der Waals surface area (Å²) < 4.78 is 6.94. The van der Waals surface area contributed by atoms with E-state index in [1.165, 1.54) is 30.9 Å². The van der Waals surface area contributed by atoms with Gasteiger partial charge in [0.05, 0.1) is 13.3 Å². The quantitative estimate of drug-likeness (QED) is 0.195. The van der Waals surface area contributed by atoms with E-state index in [0.717, 1.165) is 5.56 Å². The fourth-order valence-corrected chi connectivity index (χ4v) is 4.15. The van der Waals surface area contributed by atoms with Gasteiger partial charge in [0.2, 0.25) is 5.91 Å². The summed E-state index contributed by atoms with van der Waals surface area (Å²) in [6, 6.07) is 12.6. The fourth-order valence-electron chi connectivity index (χ4n) is 3.98. The molecule has 3 rings (SSSR count). The van der Waals surface area contributed by atoms with Gasteiger partial charge in [-0.2, -0.15) is 0 Å². The van der Waals surface area contributed by atoms with Crippen molar-refractivity contribution in [2.24, 2.45) is 4.99 Å². The Bertz CT molecular complexity index is 1470. The van der Waals surface area contributed by atoms with Crippen LogP contribution in [0.15, 0.2) is 89.3 Å². The van der Waals surface area contributed by atoms with Crippen LogP contribution in [0.1, 0.15) is 35.3 Å². The molecule has 0 aliphatic heterocycles. The van der Waals surface area contributed by atoms with Gasteiger partial charge in [-0.1, -0.05) is 48.0 Å². The maximum Gasteiger partial charge on any atom is 0.252 e. The van der Waals surface area contributed by atoms with Gasteiger partial charge in [0.1, 0.15) is 11.8 Å². The number of ether oxygens (including phenoxy) is 1. The van der Waals surface area contributed by atoms with Gasteiger partial charge >= 0.3 is 0 Å². The lowest BCUT2D eigenvalue weighted by atomic mass is 9.97. The zero-order valence-corrected chi connectivity index (χ0v) is 22.6. The molecule has 0 saturated carbocycles. The van der Waals surface area contributed by atoms with Crippen molar-refractivity contribution in [3.8, 4) is 16.9 Å². The third-order valence-corrected chi connectivity index (χ3v) is 6.22. The summed E-state index contributed by atoms with van der Waals surface area (Å²) in [5, 5.41) is 3.30. The van der Waals surface area contributed by atoms with E-state index in [9.17, 15) is 14.4 Å². The highest BCUT2D eigenvalue weighted by Crippen LogP contribution is 2.34. The van der Waals surface area contributed by atoms with Crippen molar-refractivity contribution in [3.05, 3.63) is 106 Å². The normalized spacial score (nSPS) is 12.3. The van der Waals surface area contributed by atoms with E-state index in [-0.39, 0.29) is 12.2 Å². The van der Waals surface area contributed by atoms with E-state index < -0.39 is 17.5 Å². The summed E-state index contributed by atoms with van der Waals surface area (Å²) in [4.78, 5) is 43.6. The van der Waals surface area contributed by atoms with Crippen molar-refractivity contribution in [2.75, 3.05) is 19.5 Å². The molecular formula is C30H30ClN3O4. The topological polar surface area (TPSA) is 89.8 Å². The number of nitrogens with one attached hydrogen (secondary N) is 1. The molecule has 196 valence electrons. The van der Waals surface area contributed by atoms with Crippen molar-refractivity contribution in [2.45, 2.75) is 26.3 Å². The lowest BCUT2D eigenvalue weighted by Gasteiger charge is -2.22. The van der Waals surface area contributed by atoms with Crippen molar-refractivity contribution in [1.29, 1.82) is 0 Å². The van der Waals surface area contributed by atoms with Crippen LogP contribution in [-0.4, -0.2) is 36.1 Å². The summed E-state index contributed by atoms with van der Waals surface area (Å²) in [5.74, 6) is -0.277. The number of aliphatic imine (C=N–C) groups is 1. The molecule has 2 aromatic carbocycles. The predicted octanol–water partition coefficient (Wildman–Crippen LogP) is 6.07. The van der Waals surface area contributed by atoms with Gasteiger partial charge in [-0.25, -0.2) is 0 Å². The first-order chi connectivity index (χ1) is 18.2. The number of benzene rings is 2. The molecule has 7 nitrogen and oxygen atoms in total. The van der Waals surface area contributed by atoms with Crippen LogP contribution in [0.5, 0.6) is 5.75 Å². The minimum absolute atomic E-state index is 0.136. The van der Waals surface area contributed by atoms with E-state index in [4.69, 9.17) is 16.3 Å². The van der Waals surface area contributed by atoms with Crippen molar-refractivity contribution >= 4 is 34.7 Å². The molecule has 1 aromatic heterocycles. The van der Waals surface area contributed by atoms with Gasteiger partial charge in [0.25, 0.3) is 5.56 Å². The Labute approximate surface area is 227 Å². The number of anilines is 1. The Morgan fingerprint density at radius 2 is 1.87 bits per heavy atom. The van der Waals surface area contributed by atoms with E-state index >= 15 is 0 Å². The summed E-state index contributed by atoms with van der Waals surface area (Å²) in [7, 11) is 3.07. The van der Waals surface area contributed by atoms with Gasteiger partial charge in [-0.05, 0) is 55.8 Å². The van der Waals surface area contributed by atoms with Gasteiger partial charge in [-0.15, -0.1) is 0 Å². The number of carbonyl (C=O) groups is 2. The van der Waals surface area contributed by atoms with Crippen LogP contribution in [0.25, 0.3) is 11.1 Å². The number of amides is 1. The molecule has 3 aromatic rings. The van der Waals surface area contributed by atoms with Gasteiger partial charge in [-0.3, -0.25) is 23.9 Å². The van der Waals surface area contributed by atoms with Crippen molar-refractivity contribution in [3.63, 3.8) is 0 Å². The van der Waals surface area contributed by atoms with E-state index in [1.54, 1.807) is 55.6 Å².